The molecule has 9 heteroatoms. The molecule has 0 fully saturated rings. The SMILES string of the molecule is CCNCc1cccc(NC(=O)C(C)NS(=O)(=O)c2ccccc2F)c1.Cl. The van der Waals surface area contributed by atoms with E-state index in [9.17, 15) is 17.6 Å². The summed E-state index contributed by atoms with van der Waals surface area (Å²) in [6.45, 7) is 4.88. The lowest BCUT2D eigenvalue weighted by Gasteiger charge is -2.15. The highest BCUT2D eigenvalue weighted by molar-refractivity contribution is 7.89. The molecule has 3 N–H and O–H groups in total. The van der Waals surface area contributed by atoms with E-state index in [2.05, 4.69) is 15.4 Å². The number of halogens is 2. The average molecular weight is 416 g/mol. The predicted molar refractivity (Wildman–Crippen MR) is 106 cm³/mol. The lowest BCUT2D eigenvalue weighted by Crippen LogP contribution is -2.41. The number of benzene rings is 2. The molecule has 0 saturated heterocycles. The number of carbonyl (C=O) groups excluding carboxylic acids is 1. The smallest absolute Gasteiger partial charge is 0.244 e. The third-order valence-electron chi connectivity index (χ3n) is 3.63. The zero-order valence-corrected chi connectivity index (χ0v) is 16.7. The molecule has 0 aliphatic rings. The van der Waals surface area contributed by atoms with Gasteiger partial charge in [0.2, 0.25) is 15.9 Å². The van der Waals surface area contributed by atoms with Gasteiger partial charge in [-0.15, -0.1) is 12.4 Å². The first-order chi connectivity index (χ1) is 12.3. The van der Waals surface area contributed by atoms with Crippen LogP contribution in [0, 0.1) is 5.82 Å². The topological polar surface area (TPSA) is 87.3 Å². The van der Waals surface area contributed by atoms with Crippen LogP contribution in [0.5, 0.6) is 0 Å². The Hall–Kier alpha value is -2.00. The quantitative estimate of drug-likeness (QED) is 0.618. The molecule has 0 radical (unpaired) electrons. The molecule has 2 rings (SSSR count). The van der Waals surface area contributed by atoms with E-state index < -0.39 is 32.7 Å². The molecule has 148 valence electrons. The van der Waals surface area contributed by atoms with Crippen LogP contribution in [0.2, 0.25) is 0 Å². The molecule has 0 bridgehead atoms. The van der Waals surface area contributed by atoms with E-state index >= 15 is 0 Å². The maximum Gasteiger partial charge on any atom is 0.244 e. The van der Waals surface area contributed by atoms with Crippen molar-refractivity contribution in [3.63, 3.8) is 0 Å². The first kappa shape index (κ1) is 23.0. The van der Waals surface area contributed by atoms with E-state index in [-0.39, 0.29) is 12.4 Å². The van der Waals surface area contributed by atoms with Gasteiger partial charge in [-0.05, 0) is 43.3 Å². The molecule has 6 nitrogen and oxygen atoms in total. The van der Waals surface area contributed by atoms with Crippen LogP contribution in [-0.4, -0.2) is 26.9 Å². The summed E-state index contributed by atoms with van der Waals surface area (Å²) in [7, 11) is -4.14. The van der Waals surface area contributed by atoms with Crippen LogP contribution in [0.25, 0.3) is 0 Å². The number of carbonyl (C=O) groups is 1. The Morgan fingerprint density at radius 1 is 1.15 bits per heavy atom. The summed E-state index contributed by atoms with van der Waals surface area (Å²) in [6.07, 6.45) is 0. The highest BCUT2D eigenvalue weighted by Gasteiger charge is 2.24. The van der Waals surface area contributed by atoms with E-state index in [1.165, 1.54) is 19.1 Å². The zero-order chi connectivity index (χ0) is 19.2. The lowest BCUT2D eigenvalue weighted by atomic mass is 10.2. The van der Waals surface area contributed by atoms with Crippen molar-refractivity contribution in [3.8, 4) is 0 Å². The number of sulfonamides is 1. The molecule has 0 aliphatic heterocycles. The number of anilines is 1. The Morgan fingerprint density at radius 2 is 1.85 bits per heavy atom. The molecule has 27 heavy (non-hydrogen) atoms. The van der Waals surface area contributed by atoms with Crippen LogP contribution in [0.15, 0.2) is 53.4 Å². The molecular weight excluding hydrogens is 393 g/mol. The highest BCUT2D eigenvalue weighted by Crippen LogP contribution is 2.15. The van der Waals surface area contributed by atoms with Gasteiger partial charge in [0.25, 0.3) is 0 Å². The van der Waals surface area contributed by atoms with Gasteiger partial charge in [-0.3, -0.25) is 4.79 Å². The van der Waals surface area contributed by atoms with E-state index in [1.807, 2.05) is 13.0 Å². The van der Waals surface area contributed by atoms with Crippen molar-refractivity contribution >= 4 is 34.0 Å². The van der Waals surface area contributed by atoms with Gasteiger partial charge in [-0.2, -0.15) is 4.72 Å². The molecule has 1 unspecified atom stereocenters. The van der Waals surface area contributed by atoms with Gasteiger partial charge >= 0.3 is 0 Å². The first-order valence-electron chi connectivity index (χ1n) is 8.21. The lowest BCUT2D eigenvalue weighted by molar-refractivity contribution is -0.117. The Bertz CT molecular complexity index is 878. The predicted octanol–water partition coefficient (Wildman–Crippen LogP) is 2.66. The minimum Gasteiger partial charge on any atom is -0.325 e. The molecule has 0 heterocycles. The van der Waals surface area contributed by atoms with E-state index in [0.29, 0.717) is 12.2 Å². The summed E-state index contributed by atoms with van der Waals surface area (Å²) in [4.78, 5) is 11.8. The second-order valence-corrected chi connectivity index (χ2v) is 7.43. The Balaban J connectivity index is 0.00000364. The summed E-state index contributed by atoms with van der Waals surface area (Å²) in [5.41, 5.74) is 1.55. The molecule has 1 atom stereocenters. The second-order valence-electron chi connectivity index (χ2n) is 5.74. The summed E-state index contributed by atoms with van der Waals surface area (Å²) in [5.74, 6) is -1.41. The van der Waals surface area contributed by atoms with E-state index in [4.69, 9.17) is 0 Å². The fourth-order valence-electron chi connectivity index (χ4n) is 2.29. The van der Waals surface area contributed by atoms with Crippen molar-refractivity contribution in [2.75, 3.05) is 11.9 Å². The molecule has 0 aromatic heterocycles. The van der Waals surface area contributed by atoms with Crippen molar-refractivity contribution in [1.82, 2.24) is 10.0 Å². The minimum absolute atomic E-state index is 0. The van der Waals surface area contributed by atoms with Crippen molar-refractivity contribution in [1.29, 1.82) is 0 Å². The summed E-state index contributed by atoms with van der Waals surface area (Å²) >= 11 is 0. The van der Waals surface area contributed by atoms with Gasteiger partial charge in [0.1, 0.15) is 10.7 Å². The van der Waals surface area contributed by atoms with Crippen molar-refractivity contribution in [3.05, 3.63) is 59.9 Å². The monoisotopic (exact) mass is 415 g/mol. The van der Waals surface area contributed by atoms with Crippen LogP contribution < -0.4 is 15.4 Å². The van der Waals surface area contributed by atoms with Crippen molar-refractivity contribution < 1.29 is 17.6 Å². The van der Waals surface area contributed by atoms with Crippen LogP contribution in [-0.2, 0) is 21.4 Å². The van der Waals surface area contributed by atoms with E-state index in [0.717, 1.165) is 24.2 Å². The van der Waals surface area contributed by atoms with Gasteiger partial charge in [0.15, 0.2) is 0 Å². The Labute approximate surface area is 165 Å². The fraction of sp³-hybridized carbons (Fsp3) is 0.278. The maximum atomic E-state index is 13.7. The number of nitrogens with one attached hydrogen (secondary N) is 3. The van der Waals surface area contributed by atoms with Gasteiger partial charge in [0.05, 0.1) is 6.04 Å². The van der Waals surface area contributed by atoms with Crippen molar-refractivity contribution in [2.24, 2.45) is 0 Å². The van der Waals surface area contributed by atoms with Gasteiger partial charge in [0, 0.05) is 12.2 Å². The number of amides is 1. The first-order valence-corrected chi connectivity index (χ1v) is 9.69. The second kappa shape index (κ2) is 10.4. The average Bonchev–Trinajstić information content (AvgIpc) is 2.60. The van der Waals surface area contributed by atoms with Gasteiger partial charge in [-0.25, -0.2) is 12.8 Å². The summed E-state index contributed by atoms with van der Waals surface area (Å²) < 4.78 is 40.4. The summed E-state index contributed by atoms with van der Waals surface area (Å²) in [5, 5.41) is 5.84. The third-order valence-corrected chi connectivity index (χ3v) is 5.20. The number of hydrogen-bond donors (Lipinski definition) is 3. The number of rotatable bonds is 8. The maximum absolute atomic E-state index is 13.7. The molecule has 0 saturated carbocycles. The van der Waals surface area contributed by atoms with E-state index in [1.54, 1.807) is 18.2 Å². The number of hydrogen-bond acceptors (Lipinski definition) is 4. The molecule has 0 aliphatic carbocycles. The van der Waals surface area contributed by atoms with Crippen LogP contribution in [0.4, 0.5) is 10.1 Å². The molecule has 0 spiro atoms. The van der Waals surface area contributed by atoms with Gasteiger partial charge < -0.3 is 10.6 Å². The molecule has 1 amide bonds. The minimum atomic E-state index is -4.14. The molecular formula is C18H23ClFN3O3S. The highest BCUT2D eigenvalue weighted by atomic mass is 35.5. The normalized spacial score (nSPS) is 12.1. The Morgan fingerprint density at radius 3 is 2.52 bits per heavy atom. The Kier molecular flexibility index (Phi) is 8.84. The van der Waals surface area contributed by atoms with Gasteiger partial charge in [-0.1, -0.05) is 31.2 Å². The fourth-order valence-corrected chi connectivity index (χ4v) is 3.57. The van der Waals surface area contributed by atoms with Crippen LogP contribution in [0.3, 0.4) is 0 Å². The van der Waals surface area contributed by atoms with Crippen LogP contribution in [0.1, 0.15) is 19.4 Å². The molecule has 2 aromatic rings. The standard InChI is InChI=1S/C18H22FN3O3S.ClH/c1-3-20-12-14-7-6-8-15(11-14)21-18(23)13(2)22-26(24,25)17-10-5-4-9-16(17)19;/h4-11,13,20,22H,3,12H2,1-2H3,(H,21,23);1H. The third kappa shape index (κ3) is 6.59. The zero-order valence-electron chi connectivity index (χ0n) is 15.0. The van der Waals surface area contributed by atoms with Crippen LogP contribution >= 0.6 is 12.4 Å². The molecule has 2 aromatic carbocycles. The largest absolute Gasteiger partial charge is 0.325 e. The summed E-state index contributed by atoms with van der Waals surface area (Å²) in [6, 6.07) is 11.2. The van der Waals surface area contributed by atoms with Crippen molar-refractivity contribution in [2.45, 2.75) is 31.3 Å².